The summed E-state index contributed by atoms with van der Waals surface area (Å²) in [4.78, 5) is 24.2. The molecule has 1 aromatic heterocycles. The van der Waals surface area contributed by atoms with Crippen LogP contribution in [-0.2, 0) is 17.9 Å². The van der Waals surface area contributed by atoms with Gasteiger partial charge in [-0.25, -0.2) is 4.99 Å². The minimum atomic E-state index is 0.0122. The summed E-state index contributed by atoms with van der Waals surface area (Å²) in [6.45, 7) is 5.65. The summed E-state index contributed by atoms with van der Waals surface area (Å²) in [6.07, 6.45) is 0. The van der Waals surface area contributed by atoms with E-state index in [9.17, 15) is 4.79 Å². The number of nitrogens with zero attached hydrogens (tertiary/aromatic N) is 4. The van der Waals surface area contributed by atoms with Crippen LogP contribution >= 0.6 is 11.3 Å². The molecule has 1 aromatic carbocycles. The Morgan fingerprint density at radius 1 is 1.11 bits per heavy atom. The standard InChI is InChI=1S/C21H29N5OS/c1-24(2)20(27)16-23-21(22-15-19-9-6-14-28-19)26-12-10-25(11-13-26)17-18-7-4-3-5-8-18/h3-9,14H,10-13,15-17H2,1-2H3,(H,22,23). The third-order valence-electron chi connectivity index (χ3n) is 4.78. The van der Waals surface area contributed by atoms with Crippen LogP contribution in [0.25, 0.3) is 0 Å². The fourth-order valence-electron chi connectivity index (χ4n) is 3.09. The Morgan fingerprint density at radius 3 is 2.50 bits per heavy atom. The Kier molecular flexibility index (Phi) is 7.45. The molecule has 1 saturated heterocycles. The normalized spacial score (nSPS) is 15.5. The van der Waals surface area contributed by atoms with E-state index >= 15 is 0 Å². The second-order valence-electron chi connectivity index (χ2n) is 7.11. The first-order valence-corrected chi connectivity index (χ1v) is 10.5. The number of piperazine rings is 1. The van der Waals surface area contributed by atoms with E-state index in [0.29, 0.717) is 0 Å². The zero-order valence-electron chi connectivity index (χ0n) is 16.7. The second kappa shape index (κ2) is 10.2. The van der Waals surface area contributed by atoms with E-state index in [1.807, 2.05) is 0 Å². The number of amides is 1. The third kappa shape index (κ3) is 6.07. The van der Waals surface area contributed by atoms with Crippen molar-refractivity contribution in [2.75, 3.05) is 46.8 Å². The fourth-order valence-corrected chi connectivity index (χ4v) is 3.73. The van der Waals surface area contributed by atoms with Crippen molar-refractivity contribution < 1.29 is 4.79 Å². The van der Waals surface area contributed by atoms with E-state index in [-0.39, 0.29) is 12.5 Å². The van der Waals surface area contributed by atoms with E-state index in [1.165, 1.54) is 10.4 Å². The predicted octanol–water partition coefficient (Wildman–Crippen LogP) is 2.10. The number of guanidine groups is 1. The number of likely N-dealkylation sites (N-methyl/N-ethyl adjacent to an activating group) is 1. The molecule has 0 bridgehead atoms. The summed E-state index contributed by atoms with van der Waals surface area (Å²) < 4.78 is 0. The second-order valence-corrected chi connectivity index (χ2v) is 8.14. The van der Waals surface area contributed by atoms with Crippen molar-refractivity contribution in [3.8, 4) is 0 Å². The molecule has 2 heterocycles. The average molecular weight is 400 g/mol. The monoisotopic (exact) mass is 399 g/mol. The first kappa shape index (κ1) is 20.4. The number of hydrogen-bond donors (Lipinski definition) is 1. The van der Waals surface area contributed by atoms with Gasteiger partial charge in [0.05, 0.1) is 6.54 Å². The number of nitrogens with one attached hydrogen (secondary N) is 1. The lowest BCUT2D eigenvalue weighted by Crippen LogP contribution is -2.52. The van der Waals surface area contributed by atoms with Gasteiger partial charge in [-0.2, -0.15) is 0 Å². The lowest BCUT2D eigenvalue weighted by atomic mass is 10.2. The Hall–Kier alpha value is -2.38. The van der Waals surface area contributed by atoms with Crippen molar-refractivity contribution in [3.63, 3.8) is 0 Å². The minimum absolute atomic E-state index is 0.0122. The Bertz CT molecular complexity index is 752. The maximum Gasteiger partial charge on any atom is 0.243 e. The Balaban J connectivity index is 1.58. The van der Waals surface area contributed by atoms with Gasteiger partial charge >= 0.3 is 0 Å². The summed E-state index contributed by atoms with van der Waals surface area (Å²) >= 11 is 1.72. The molecular weight excluding hydrogens is 370 g/mol. The molecule has 1 aliphatic heterocycles. The average Bonchev–Trinajstić information content (AvgIpc) is 3.23. The van der Waals surface area contributed by atoms with Crippen molar-refractivity contribution in [3.05, 3.63) is 58.3 Å². The van der Waals surface area contributed by atoms with Crippen LogP contribution in [0.15, 0.2) is 52.8 Å². The van der Waals surface area contributed by atoms with Crippen LogP contribution < -0.4 is 5.32 Å². The smallest absolute Gasteiger partial charge is 0.243 e. The largest absolute Gasteiger partial charge is 0.351 e. The Morgan fingerprint density at radius 2 is 1.86 bits per heavy atom. The molecule has 0 aliphatic carbocycles. The van der Waals surface area contributed by atoms with Crippen LogP contribution in [0.5, 0.6) is 0 Å². The maximum atomic E-state index is 12.0. The van der Waals surface area contributed by atoms with Crippen molar-refractivity contribution >= 4 is 23.2 Å². The highest BCUT2D eigenvalue weighted by Crippen LogP contribution is 2.10. The van der Waals surface area contributed by atoms with Crippen LogP contribution in [0.1, 0.15) is 10.4 Å². The summed E-state index contributed by atoms with van der Waals surface area (Å²) in [5.74, 6) is 0.834. The number of thiophene rings is 1. The molecule has 1 amide bonds. The molecule has 150 valence electrons. The zero-order valence-corrected chi connectivity index (χ0v) is 17.5. The van der Waals surface area contributed by atoms with Crippen molar-refractivity contribution in [1.82, 2.24) is 20.0 Å². The fraction of sp³-hybridized carbons (Fsp3) is 0.429. The van der Waals surface area contributed by atoms with Gasteiger partial charge < -0.3 is 15.1 Å². The van der Waals surface area contributed by atoms with Crippen LogP contribution in [-0.4, -0.2) is 73.4 Å². The number of hydrogen-bond acceptors (Lipinski definition) is 4. The van der Waals surface area contributed by atoms with E-state index in [0.717, 1.165) is 45.2 Å². The Labute approximate surface area is 171 Å². The molecule has 1 N–H and O–H groups in total. The SMILES string of the molecule is CN(C)C(=O)CN=C(NCc1cccs1)N1CCN(Cc2ccccc2)CC1. The first-order valence-electron chi connectivity index (χ1n) is 9.64. The molecule has 0 atom stereocenters. The van der Waals surface area contributed by atoms with Crippen molar-refractivity contribution in [1.29, 1.82) is 0 Å². The molecule has 0 spiro atoms. The number of carbonyl (C=O) groups is 1. The van der Waals surface area contributed by atoms with Gasteiger partial charge in [0.15, 0.2) is 5.96 Å². The molecule has 7 heteroatoms. The number of aliphatic imine (C=N–C) groups is 1. The van der Waals surface area contributed by atoms with Gasteiger partial charge in [0.2, 0.25) is 5.91 Å². The van der Waals surface area contributed by atoms with Gasteiger partial charge in [0.25, 0.3) is 0 Å². The van der Waals surface area contributed by atoms with E-state index < -0.39 is 0 Å². The van der Waals surface area contributed by atoms with Crippen LogP contribution in [0, 0.1) is 0 Å². The quantitative estimate of drug-likeness (QED) is 0.597. The van der Waals surface area contributed by atoms with Gasteiger partial charge in [-0.05, 0) is 17.0 Å². The van der Waals surface area contributed by atoms with Crippen LogP contribution in [0.3, 0.4) is 0 Å². The van der Waals surface area contributed by atoms with Gasteiger partial charge in [-0.1, -0.05) is 36.4 Å². The molecule has 1 aliphatic rings. The molecule has 0 saturated carbocycles. The van der Waals surface area contributed by atoms with Crippen molar-refractivity contribution in [2.45, 2.75) is 13.1 Å². The highest BCUT2D eigenvalue weighted by atomic mass is 32.1. The van der Waals surface area contributed by atoms with Crippen LogP contribution in [0.4, 0.5) is 0 Å². The van der Waals surface area contributed by atoms with Gasteiger partial charge in [0.1, 0.15) is 6.54 Å². The lowest BCUT2D eigenvalue weighted by molar-refractivity contribution is -0.127. The minimum Gasteiger partial charge on any atom is -0.351 e. The lowest BCUT2D eigenvalue weighted by Gasteiger charge is -2.36. The molecule has 3 rings (SSSR count). The number of rotatable bonds is 6. The number of carbonyl (C=O) groups excluding carboxylic acids is 1. The van der Waals surface area contributed by atoms with E-state index in [4.69, 9.17) is 0 Å². The van der Waals surface area contributed by atoms with Crippen molar-refractivity contribution in [2.24, 2.45) is 4.99 Å². The van der Waals surface area contributed by atoms with Gasteiger partial charge in [0, 0.05) is 51.7 Å². The molecule has 2 aromatic rings. The van der Waals surface area contributed by atoms with Gasteiger partial charge in [-0.3, -0.25) is 9.69 Å². The summed E-state index contributed by atoms with van der Waals surface area (Å²) in [5.41, 5.74) is 1.34. The molecule has 1 fully saturated rings. The number of benzene rings is 1. The molecule has 0 unspecified atom stereocenters. The highest BCUT2D eigenvalue weighted by molar-refractivity contribution is 7.09. The first-order chi connectivity index (χ1) is 13.6. The maximum absolute atomic E-state index is 12.0. The molecule has 6 nitrogen and oxygen atoms in total. The zero-order chi connectivity index (χ0) is 19.8. The summed E-state index contributed by atoms with van der Waals surface area (Å²) in [6, 6.07) is 14.7. The summed E-state index contributed by atoms with van der Waals surface area (Å²) in [7, 11) is 3.53. The van der Waals surface area contributed by atoms with Gasteiger partial charge in [-0.15, -0.1) is 11.3 Å². The molecule has 0 radical (unpaired) electrons. The molecular formula is C21H29N5OS. The third-order valence-corrected chi connectivity index (χ3v) is 5.66. The topological polar surface area (TPSA) is 51.2 Å². The van der Waals surface area contributed by atoms with E-state index in [1.54, 1.807) is 30.3 Å². The predicted molar refractivity (Wildman–Crippen MR) is 115 cm³/mol. The highest BCUT2D eigenvalue weighted by Gasteiger charge is 2.20. The van der Waals surface area contributed by atoms with Crippen LogP contribution in [0.2, 0.25) is 0 Å². The summed E-state index contributed by atoms with van der Waals surface area (Å²) in [5, 5.41) is 5.52. The molecule has 28 heavy (non-hydrogen) atoms. The van der Waals surface area contributed by atoms with E-state index in [2.05, 4.69) is 68.0 Å².